The van der Waals surface area contributed by atoms with E-state index >= 15 is 0 Å². The van der Waals surface area contributed by atoms with Crippen LogP contribution in [0.5, 0.6) is 0 Å². The van der Waals surface area contributed by atoms with Crippen molar-refractivity contribution >= 4 is 68.4 Å². The Morgan fingerprint density at radius 3 is 2.51 bits per heavy atom. The molecule has 0 saturated carbocycles. The number of hydrogen-bond acceptors (Lipinski definition) is 5. The lowest BCUT2D eigenvalue weighted by Gasteiger charge is -2.16. The van der Waals surface area contributed by atoms with Crippen LogP contribution in [-0.2, 0) is 11.3 Å². The van der Waals surface area contributed by atoms with Gasteiger partial charge in [-0.1, -0.05) is 57.0 Å². The molecule has 0 radical (unpaired) electrons. The summed E-state index contributed by atoms with van der Waals surface area (Å²) in [6, 6.07) is 8.11. The summed E-state index contributed by atoms with van der Waals surface area (Å²) in [4.78, 5) is 25.4. The van der Waals surface area contributed by atoms with E-state index < -0.39 is 6.04 Å². The van der Waals surface area contributed by atoms with Gasteiger partial charge in [-0.3, -0.25) is 9.59 Å². The minimum Gasteiger partial charge on any atom is -0.342 e. The molecular weight excluding hydrogens is 573 g/mol. The van der Waals surface area contributed by atoms with Crippen LogP contribution in [0.2, 0.25) is 10.0 Å². The molecule has 3 aromatic rings. The number of thioether (sulfide) groups is 1. The summed E-state index contributed by atoms with van der Waals surface area (Å²) in [5, 5.41) is 15.6. The molecule has 0 spiro atoms. The molecule has 0 unspecified atom stereocenters. The van der Waals surface area contributed by atoms with Gasteiger partial charge in [0.1, 0.15) is 0 Å². The number of nitrogens with zero attached hydrogens (tertiary/aromatic N) is 3. The van der Waals surface area contributed by atoms with Crippen molar-refractivity contribution in [3.05, 3.63) is 80.0 Å². The van der Waals surface area contributed by atoms with Crippen molar-refractivity contribution in [2.75, 3.05) is 11.1 Å². The maximum absolute atomic E-state index is 12.7. The molecule has 0 aliphatic carbocycles. The van der Waals surface area contributed by atoms with Crippen molar-refractivity contribution in [2.24, 2.45) is 0 Å². The molecule has 184 valence electrons. The highest BCUT2D eigenvalue weighted by Gasteiger charge is 2.21. The molecule has 2 aromatic carbocycles. The van der Waals surface area contributed by atoms with Gasteiger partial charge in [-0.25, -0.2) is 0 Å². The lowest BCUT2D eigenvalue weighted by molar-refractivity contribution is -0.113. The van der Waals surface area contributed by atoms with Crippen molar-refractivity contribution in [3.63, 3.8) is 0 Å². The third-order valence-corrected chi connectivity index (χ3v) is 7.03. The summed E-state index contributed by atoms with van der Waals surface area (Å²) in [6.45, 7) is 9.90. The number of allylic oxidation sites excluding steroid dienone is 1. The fourth-order valence-electron chi connectivity index (χ4n) is 3.45. The summed E-state index contributed by atoms with van der Waals surface area (Å²) >= 11 is 16.8. The Hall–Kier alpha value is -2.33. The second kappa shape index (κ2) is 12.1. The van der Waals surface area contributed by atoms with E-state index in [9.17, 15) is 9.59 Å². The monoisotopic (exact) mass is 595 g/mol. The van der Waals surface area contributed by atoms with Crippen molar-refractivity contribution < 1.29 is 9.59 Å². The number of hydrogen-bond donors (Lipinski definition) is 2. The minimum absolute atomic E-state index is 0.144. The zero-order valence-electron chi connectivity index (χ0n) is 19.4. The van der Waals surface area contributed by atoms with Crippen molar-refractivity contribution in [2.45, 2.75) is 38.5 Å². The number of carbonyl (C=O) groups excluding carboxylic acids is 2. The molecule has 1 aromatic heterocycles. The zero-order chi connectivity index (χ0) is 25.7. The van der Waals surface area contributed by atoms with Crippen LogP contribution in [-0.4, -0.2) is 32.3 Å². The lowest BCUT2D eigenvalue weighted by Crippen LogP contribution is -2.29. The molecule has 35 heavy (non-hydrogen) atoms. The van der Waals surface area contributed by atoms with E-state index in [1.165, 1.54) is 17.8 Å². The number of benzene rings is 2. The van der Waals surface area contributed by atoms with Crippen LogP contribution in [0.1, 0.15) is 40.3 Å². The Balaban J connectivity index is 1.70. The molecule has 7 nitrogen and oxygen atoms in total. The molecule has 0 aliphatic heterocycles. The highest BCUT2D eigenvalue weighted by atomic mass is 79.9. The number of carbonyl (C=O) groups is 2. The molecule has 0 fully saturated rings. The summed E-state index contributed by atoms with van der Waals surface area (Å²) in [7, 11) is 0. The third kappa shape index (κ3) is 6.88. The van der Waals surface area contributed by atoms with Gasteiger partial charge in [-0.05, 0) is 62.2 Å². The SMILES string of the molecule is C=CCn1c(SCC(=O)Nc2c(C)cc(Br)cc2C)nnc1[C@H](C)NC(=O)c1ccc(Cl)cc1Cl. The van der Waals surface area contributed by atoms with Gasteiger partial charge in [0.25, 0.3) is 5.91 Å². The van der Waals surface area contributed by atoms with Crippen molar-refractivity contribution in [1.29, 1.82) is 0 Å². The van der Waals surface area contributed by atoms with Crippen LogP contribution in [0, 0.1) is 13.8 Å². The second-order valence-corrected chi connectivity index (χ2v) is 10.5. The van der Waals surface area contributed by atoms with Gasteiger partial charge >= 0.3 is 0 Å². The average molecular weight is 597 g/mol. The summed E-state index contributed by atoms with van der Waals surface area (Å²) in [6.07, 6.45) is 1.70. The largest absolute Gasteiger partial charge is 0.342 e. The molecule has 0 bridgehead atoms. The standard InChI is InChI=1S/C24H24BrCl2N5O2S/c1-5-8-32-22(15(4)28-23(34)18-7-6-17(26)11-19(18)27)30-31-24(32)35-12-20(33)29-21-13(2)9-16(25)10-14(21)3/h5-7,9-11,15H,1,8,12H2,2-4H3,(H,28,34)(H,29,33)/t15-/m0/s1. The second-order valence-electron chi connectivity index (χ2n) is 7.81. The van der Waals surface area contributed by atoms with E-state index in [0.717, 1.165) is 21.3 Å². The first-order chi connectivity index (χ1) is 16.6. The van der Waals surface area contributed by atoms with Gasteiger partial charge in [0.15, 0.2) is 11.0 Å². The first-order valence-corrected chi connectivity index (χ1v) is 13.1. The smallest absolute Gasteiger partial charge is 0.253 e. The lowest BCUT2D eigenvalue weighted by atomic mass is 10.1. The van der Waals surface area contributed by atoms with E-state index in [-0.39, 0.29) is 22.6 Å². The van der Waals surface area contributed by atoms with Gasteiger partial charge in [-0.15, -0.1) is 16.8 Å². The summed E-state index contributed by atoms with van der Waals surface area (Å²) in [5.74, 6) is 0.162. The maximum Gasteiger partial charge on any atom is 0.253 e. The van der Waals surface area contributed by atoms with Crippen molar-refractivity contribution in [1.82, 2.24) is 20.1 Å². The van der Waals surface area contributed by atoms with Crippen LogP contribution in [0.4, 0.5) is 5.69 Å². The van der Waals surface area contributed by atoms with Gasteiger partial charge in [-0.2, -0.15) is 0 Å². The predicted molar refractivity (Wildman–Crippen MR) is 146 cm³/mol. The maximum atomic E-state index is 12.7. The van der Waals surface area contributed by atoms with E-state index in [1.807, 2.05) is 30.5 Å². The van der Waals surface area contributed by atoms with Crippen LogP contribution in [0.25, 0.3) is 0 Å². The minimum atomic E-state index is -0.474. The number of aryl methyl sites for hydroxylation is 2. The number of anilines is 1. The number of amides is 2. The van der Waals surface area contributed by atoms with Gasteiger partial charge in [0.2, 0.25) is 5.91 Å². The van der Waals surface area contributed by atoms with Crippen LogP contribution < -0.4 is 10.6 Å². The summed E-state index contributed by atoms with van der Waals surface area (Å²) < 4.78 is 2.78. The Morgan fingerprint density at radius 1 is 1.20 bits per heavy atom. The van der Waals surface area contributed by atoms with E-state index in [1.54, 1.807) is 25.1 Å². The van der Waals surface area contributed by atoms with Gasteiger partial charge in [0.05, 0.1) is 22.4 Å². The molecule has 0 saturated heterocycles. The Bertz CT molecular complexity index is 1260. The molecule has 2 amide bonds. The van der Waals surface area contributed by atoms with Gasteiger partial charge < -0.3 is 15.2 Å². The van der Waals surface area contributed by atoms with Crippen molar-refractivity contribution in [3.8, 4) is 0 Å². The molecule has 1 atom stereocenters. The van der Waals surface area contributed by atoms with E-state index in [0.29, 0.717) is 28.1 Å². The first kappa shape index (κ1) is 27.3. The number of rotatable bonds is 9. The number of nitrogens with one attached hydrogen (secondary N) is 2. The van der Waals surface area contributed by atoms with Crippen LogP contribution >= 0.6 is 50.9 Å². The fourth-order valence-corrected chi connectivity index (χ4v) is 5.39. The van der Waals surface area contributed by atoms with Crippen LogP contribution in [0.3, 0.4) is 0 Å². The molecule has 0 aliphatic rings. The molecule has 2 N–H and O–H groups in total. The summed E-state index contributed by atoms with van der Waals surface area (Å²) in [5.41, 5.74) is 3.04. The quantitative estimate of drug-likeness (QED) is 0.221. The number of halogens is 3. The molecule has 1 heterocycles. The van der Waals surface area contributed by atoms with Gasteiger partial charge in [0, 0.05) is 21.7 Å². The topological polar surface area (TPSA) is 88.9 Å². The van der Waals surface area contributed by atoms with Crippen LogP contribution in [0.15, 0.2) is 52.6 Å². The van der Waals surface area contributed by atoms with E-state index in [2.05, 4.69) is 43.3 Å². The number of aromatic nitrogens is 3. The first-order valence-electron chi connectivity index (χ1n) is 10.6. The zero-order valence-corrected chi connectivity index (χ0v) is 23.3. The average Bonchev–Trinajstić information content (AvgIpc) is 3.17. The Labute approximate surface area is 226 Å². The third-order valence-electron chi connectivity index (χ3n) is 5.06. The normalized spacial score (nSPS) is 11.7. The Morgan fingerprint density at radius 2 is 1.89 bits per heavy atom. The fraction of sp³-hybridized carbons (Fsp3) is 0.250. The Kier molecular flexibility index (Phi) is 9.40. The van der Waals surface area contributed by atoms with E-state index in [4.69, 9.17) is 23.2 Å². The highest BCUT2D eigenvalue weighted by Crippen LogP contribution is 2.27. The molecule has 3 rings (SSSR count). The highest BCUT2D eigenvalue weighted by molar-refractivity contribution is 9.10. The predicted octanol–water partition coefficient (Wildman–Crippen LogP) is 6.37. The molecular formula is C24H24BrCl2N5O2S. The molecule has 11 heteroatoms.